The molecule has 3 heteroatoms. The fraction of sp³-hybridized carbons (Fsp3) is 1.00. The Morgan fingerprint density at radius 2 is 1.50 bits per heavy atom. The zero-order valence-corrected chi connectivity index (χ0v) is 9.82. The third-order valence-electron chi connectivity index (χ3n) is 1.01. The van der Waals surface area contributed by atoms with Gasteiger partial charge in [-0.2, -0.15) is 23.5 Å². The maximum atomic E-state index is 3.64. The van der Waals surface area contributed by atoms with Crippen molar-refractivity contribution in [2.24, 2.45) is 0 Å². The van der Waals surface area contributed by atoms with Crippen molar-refractivity contribution in [3.05, 3.63) is 0 Å². The monoisotopic (exact) mass is 242 g/mol. The van der Waals surface area contributed by atoms with Crippen LogP contribution in [0, 0.1) is 0 Å². The molecule has 0 N–H and O–H groups in total. The van der Waals surface area contributed by atoms with Crippen LogP contribution in [0.1, 0.15) is 13.8 Å². The number of halogens is 1. The Balaban J connectivity index is 3.00. The summed E-state index contributed by atoms with van der Waals surface area (Å²) in [4.78, 5) is 0.711. The molecule has 0 aliphatic heterocycles. The highest BCUT2D eigenvalue weighted by atomic mass is 79.9. The first-order valence-corrected chi connectivity index (χ1v) is 6.83. The maximum absolute atomic E-state index is 3.64. The van der Waals surface area contributed by atoms with Crippen molar-refractivity contribution in [2.45, 2.75) is 18.7 Å². The molecule has 0 heterocycles. The molecule has 0 aromatic rings. The Labute approximate surface area is 81.0 Å². The molecule has 0 fully saturated rings. The van der Waals surface area contributed by atoms with Crippen molar-refractivity contribution in [1.82, 2.24) is 0 Å². The average molecular weight is 243 g/mol. The van der Waals surface area contributed by atoms with E-state index in [-0.39, 0.29) is 0 Å². The quantitative estimate of drug-likeness (QED) is 0.657. The van der Waals surface area contributed by atoms with Gasteiger partial charge >= 0.3 is 0 Å². The zero-order valence-electron chi connectivity index (χ0n) is 6.60. The number of rotatable bonds is 6. The lowest BCUT2D eigenvalue weighted by Gasteiger charge is -2.06. The lowest BCUT2D eigenvalue weighted by molar-refractivity contribution is 1.17. The van der Waals surface area contributed by atoms with Crippen molar-refractivity contribution >= 4 is 39.5 Å². The molecule has 0 atom stereocenters. The minimum atomic E-state index is 0.711. The van der Waals surface area contributed by atoms with Gasteiger partial charge in [-0.15, -0.1) is 0 Å². The van der Waals surface area contributed by atoms with Gasteiger partial charge in [-0.25, -0.2) is 0 Å². The van der Waals surface area contributed by atoms with E-state index in [4.69, 9.17) is 0 Å². The Hall–Kier alpha value is 1.18. The van der Waals surface area contributed by atoms with Gasteiger partial charge in [0, 0.05) is 16.3 Å². The molecule has 0 aromatic heterocycles. The summed E-state index contributed by atoms with van der Waals surface area (Å²) in [6.07, 6.45) is 0. The van der Waals surface area contributed by atoms with Gasteiger partial charge in [0.25, 0.3) is 0 Å². The van der Waals surface area contributed by atoms with Gasteiger partial charge in [-0.1, -0.05) is 29.8 Å². The molecule has 0 aromatic carbocycles. The van der Waals surface area contributed by atoms with Crippen LogP contribution in [0.5, 0.6) is 0 Å². The molecule has 0 saturated carbocycles. The summed E-state index contributed by atoms with van der Waals surface area (Å²) < 4.78 is 0. The Morgan fingerprint density at radius 3 is 1.80 bits per heavy atom. The van der Waals surface area contributed by atoms with Crippen LogP contribution in [-0.4, -0.2) is 27.8 Å². The predicted octanol–water partition coefficient (Wildman–Crippen LogP) is 3.26. The van der Waals surface area contributed by atoms with Crippen molar-refractivity contribution in [1.29, 1.82) is 0 Å². The molecule has 0 unspecified atom stereocenters. The van der Waals surface area contributed by atoms with E-state index in [0.29, 0.717) is 4.83 Å². The van der Waals surface area contributed by atoms with Crippen LogP contribution < -0.4 is 0 Å². The van der Waals surface area contributed by atoms with E-state index in [9.17, 15) is 0 Å². The Kier molecular flexibility index (Phi) is 9.26. The molecule has 0 amide bonds. The lowest BCUT2D eigenvalue weighted by atomic mass is 10.6. The Morgan fingerprint density at radius 1 is 1.10 bits per heavy atom. The summed E-state index contributed by atoms with van der Waals surface area (Å²) in [5, 5.41) is 0. The highest BCUT2D eigenvalue weighted by Crippen LogP contribution is 2.14. The highest BCUT2D eigenvalue weighted by Gasteiger charge is 2.01. The largest absolute Gasteiger partial charge is 0.161 e. The van der Waals surface area contributed by atoms with Crippen LogP contribution in [-0.2, 0) is 0 Å². The van der Waals surface area contributed by atoms with Gasteiger partial charge < -0.3 is 0 Å². The molecule has 0 aliphatic carbocycles. The third-order valence-corrected chi connectivity index (χ3v) is 4.60. The highest BCUT2D eigenvalue weighted by molar-refractivity contribution is 9.09. The van der Waals surface area contributed by atoms with Crippen LogP contribution in [0.2, 0.25) is 0 Å². The second-order valence-electron chi connectivity index (χ2n) is 1.92. The molecule has 10 heavy (non-hydrogen) atoms. The molecule has 0 bridgehead atoms. The average Bonchev–Trinajstić information content (AvgIpc) is 1.97. The maximum Gasteiger partial charge on any atom is 0.0326 e. The van der Waals surface area contributed by atoms with Crippen LogP contribution in [0.25, 0.3) is 0 Å². The number of alkyl halides is 1. The van der Waals surface area contributed by atoms with Gasteiger partial charge in [0.1, 0.15) is 0 Å². The molecular formula is C7H15BrS2. The minimum Gasteiger partial charge on any atom is -0.161 e. The van der Waals surface area contributed by atoms with Gasteiger partial charge in [0.15, 0.2) is 0 Å². The van der Waals surface area contributed by atoms with Crippen LogP contribution >= 0.6 is 39.5 Å². The van der Waals surface area contributed by atoms with E-state index in [2.05, 4.69) is 29.8 Å². The number of hydrogen-bond acceptors (Lipinski definition) is 2. The number of hydrogen-bond donors (Lipinski definition) is 0. The molecule has 0 aliphatic rings. The van der Waals surface area contributed by atoms with Crippen molar-refractivity contribution in [2.75, 3.05) is 23.0 Å². The van der Waals surface area contributed by atoms with E-state index in [0.717, 1.165) is 0 Å². The molecule has 0 saturated heterocycles. The third kappa shape index (κ3) is 7.29. The molecule has 0 nitrogen and oxygen atoms in total. The second-order valence-corrected chi connectivity index (χ2v) is 5.85. The summed E-state index contributed by atoms with van der Waals surface area (Å²) in [7, 11) is 0. The van der Waals surface area contributed by atoms with E-state index in [1.54, 1.807) is 0 Å². The predicted molar refractivity (Wildman–Crippen MR) is 58.7 cm³/mol. The van der Waals surface area contributed by atoms with Gasteiger partial charge in [-0.3, -0.25) is 0 Å². The number of thioether (sulfide) groups is 2. The van der Waals surface area contributed by atoms with Crippen LogP contribution in [0.3, 0.4) is 0 Å². The SMILES string of the molecule is CCSCC(Br)CSCC. The van der Waals surface area contributed by atoms with E-state index in [1.807, 2.05) is 23.5 Å². The fourth-order valence-electron chi connectivity index (χ4n) is 0.540. The molecule has 0 spiro atoms. The van der Waals surface area contributed by atoms with Crippen LogP contribution in [0.15, 0.2) is 0 Å². The topological polar surface area (TPSA) is 0 Å². The zero-order chi connectivity index (χ0) is 7.82. The second kappa shape index (κ2) is 8.28. The first kappa shape index (κ1) is 11.2. The minimum absolute atomic E-state index is 0.711. The van der Waals surface area contributed by atoms with Gasteiger partial charge in [0.05, 0.1) is 0 Å². The summed E-state index contributed by atoms with van der Waals surface area (Å²) in [5.74, 6) is 4.98. The fourth-order valence-corrected chi connectivity index (χ4v) is 3.03. The summed E-state index contributed by atoms with van der Waals surface area (Å²) in [6, 6.07) is 0. The summed E-state index contributed by atoms with van der Waals surface area (Å²) in [5.41, 5.74) is 0. The van der Waals surface area contributed by atoms with E-state index in [1.165, 1.54) is 23.0 Å². The normalized spacial score (nSPS) is 10.8. The van der Waals surface area contributed by atoms with Crippen LogP contribution in [0.4, 0.5) is 0 Å². The van der Waals surface area contributed by atoms with Crippen molar-refractivity contribution < 1.29 is 0 Å². The van der Waals surface area contributed by atoms with Gasteiger partial charge in [-0.05, 0) is 11.5 Å². The van der Waals surface area contributed by atoms with E-state index >= 15 is 0 Å². The first-order chi connectivity index (χ1) is 4.81. The molecular weight excluding hydrogens is 228 g/mol. The van der Waals surface area contributed by atoms with E-state index < -0.39 is 0 Å². The van der Waals surface area contributed by atoms with Crippen molar-refractivity contribution in [3.63, 3.8) is 0 Å². The molecule has 62 valence electrons. The standard InChI is InChI=1S/C7H15BrS2/c1-3-9-5-7(8)6-10-4-2/h7H,3-6H2,1-2H3. The first-order valence-electron chi connectivity index (χ1n) is 3.60. The lowest BCUT2D eigenvalue weighted by Crippen LogP contribution is -2.05. The summed E-state index contributed by atoms with van der Waals surface area (Å²) in [6.45, 7) is 4.41. The molecule has 0 rings (SSSR count). The smallest absolute Gasteiger partial charge is 0.0326 e. The van der Waals surface area contributed by atoms with Crippen molar-refractivity contribution in [3.8, 4) is 0 Å². The Bertz CT molecular complexity index is 60.6. The summed E-state index contributed by atoms with van der Waals surface area (Å²) >= 11 is 7.65. The molecule has 0 radical (unpaired) electrons. The van der Waals surface area contributed by atoms with Gasteiger partial charge in [0.2, 0.25) is 0 Å².